The van der Waals surface area contributed by atoms with Crippen LogP contribution in [0.15, 0.2) is 6.20 Å². The van der Waals surface area contributed by atoms with Gasteiger partial charge in [-0.15, -0.1) is 0 Å². The summed E-state index contributed by atoms with van der Waals surface area (Å²) in [6, 6.07) is 0.360. The number of carbonyl (C=O) groups is 1. The molecule has 0 aromatic carbocycles. The largest absolute Gasteiger partial charge is 0.396 e. The van der Waals surface area contributed by atoms with Crippen LogP contribution in [-0.4, -0.2) is 15.7 Å². The zero-order chi connectivity index (χ0) is 11.7. The number of hydrogen-bond acceptors (Lipinski definition) is 3. The van der Waals surface area contributed by atoms with Gasteiger partial charge in [-0.1, -0.05) is 19.8 Å². The number of rotatable bonds is 2. The number of primary amides is 1. The van der Waals surface area contributed by atoms with Gasteiger partial charge in [0.05, 0.1) is 11.7 Å². The van der Waals surface area contributed by atoms with Gasteiger partial charge in [-0.3, -0.25) is 9.48 Å². The maximum atomic E-state index is 11.0. The van der Waals surface area contributed by atoms with Crippen LogP contribution in [0.3, 0.4) is 0 Å². The van der Waals surface area contributed by atoms with Crippen LogP contribution in [0.1, 0.15) is 49.1 Å². The van der Waals surface area contributed by atoms with Crippen molar-refractivity contribution in [3.63, 3.8) is 0 Å². The molecule has 2 rings (SSSR count). The van der Waals surface area contributed by atoms with E-state index in [9.17, 15) is 4.79 Å². The van der Waals surface area contributed by atoms with Crippen LogP contribution in [0.5, 0.6) is 0 Å². The Balaban J connectivity index is 2.20. The number of aromatic nitrogens is 2. The highest BCUT2D eigenvalue weighted by Gasteiger charge is 2.22. The molecule has 5 heteroatoms. The Hall–Kier alpha value is -1.52. The van der Waals surface area contributed by atoms with Crippen LogP contribution >= 0.6 is 0 Å². The Morgan fingerprint density at radius 1 is 1.56 bits per heavy atom. The van der Waals surface area contributed by atoms with Gasteiger partial charge in [0.15, 0.2) is 5.69 Å². The van der Waals surface area contributed by atoms with E-state index in [2.05, 4.69) is 12.0 Å². The van der Waals surface area contributed by atoms with E-state index in [1.165, 1.54) is 12.8 Å². The average molecular weight is 222 g/mol. The van der Waals surface area contributed by atoms with Crippen molar-refractivity contribution >= 4 is 11.6 Å². The first kappa shape index (κ1) is 11.0. The van der Waals surface area contributed by atoms with E-state index in [1.54, 1.807) is 6.20 Å². The van der Waals surface area contributed by atoms with Gasteiger partial charge in [0.25, 0.3) is 5.91 Å². The van der Waals surface area contributed by atoms with Crippen LogP contribution in [-0.2, 0) is 0 Å². The van der Waals surface area contributed by atoms with Crippen molar-refractivity contribution in [2.45, 2.75) is 38.6 Å². The molecule has 1 aromatic heterocycles. The van der Waals surface area contributed by atoms with Gasteiger partial charge in [-0.05, 0) is 18.8 Å². The molecule has 4 N–H and O–H groups in total. The molecule has 1 aliphatic rings. The summed E-state index contributed by atoms with van der Waals surface area (Å²) in [6.07, 6.45) is 6.40. The second-order valence-electron chi connectivity index (χ2n) is 4.70. The Morgan fingerprint density at radius 2 is 2.31 bits per heavy atom. The predicted octanol–water partition coefficient (Wildman–Crippen LogP) is 1.32. The molecule has 1 heterocycles. The van der Waals surface area contributed by atoms with Gasteiger partial charge in [0.1, 0.15) is 0 Å². The topological polar surface area (TPSA) is 86.9 Å². The van der Waals surface area contributed by atoms with Gasteiger partial charge in [0.2, 0.25) is 0 Å². The molecule has 2 unspecified atom stereocenters. The fraction of sp³-hybridized carbons (Fsp3) is 0.636. The number of nitrogens with two attached hydrogens (primary N) is 2. The van der Waals surface area contributed by atoms with Crippen LogP contribution < -0.4 is 11.5 Å². The highest BCUT2D eigenvalue weighted by atomic mass is 16.1. The van der Waals surface area contributed by atoms with E-state index in [4.69, 9.17) is 11.5 Å². The monoisotopic (exact) mass is 222 g/mol. The summed E-state index contributed by atoms with van der Waals surface area (Å²) in [4.78, 5) is 11.0. The number of carbonyl (C=O) groups excluding carboxylic acids is 1. The Bertz CT molecular complexity index is 399. The van der Waals surface area contributed by atoms with E-state index in [1.807, 2.05) is 4.68 Å². The second kappa shape index (κ2) is 4.15. The zero-order valence-electron chi connectivity index (χ0n) is 9.52. The van der Waals surface area contributed by atoms with E-state index < -0.39 is 5.91 Å². The molecule has 88 valence electrons. The summed E-state index contributed by atoms with van der Waals surface area (Å²) < 4.78 is 1.81. The van der Waals surface area contributed by atoms with Gasteiger partial charge in [-0.2, -0.15) is 5.10 Å². The van der Waals surface area contributed by atoms with Crippen LogP contribution in [0, 0.1) is 5.92 Å². The lowest BCUT2D eigenvalue weighted by Gasteiger charge is -2.26. The number of anilines is 1. The molecule has 0 aliphatic heterocycles. The smallest absolute Gasteiger partial charge is 0.271 e. The molecular weight excluding hydrogens is 204 g/mol. The molecule has 1 aromatic rings. The lowest BCUT2D eigenvalue weighted by atomic mass is 9.87. The van der Waals surface area contributed by atoms with E-state index in [0.717, 1.165) is 12.8 Å². The van der Waals surface area contributed by atoms with E-state index in [0.29, 0.717) is 17.6 Å². The SMILES string of the molecule is CC1CCCC(n2cc(N)c(C(N)=O)n2)C1. The molecule has 2 atom stereocenters. The third kappa shape index (κ3) is 2.03. The predicted molar refractivity (Wildman–Crippen MR) is 61.8 cm³/mol. The Kier molecular flexibility index (Phi) is 2.85. The van der Waals surface area contributed by atoms with Crippen LogP contribution in [0.4, 0.5) is 5.69 Å². The number of hydrogen-bond donors (Lipinski definition) is 2. The van der Waals surface area contributed by atoms with Crippen molar-refractivity contribution in [3.05, 3.63) is 11.9 Å². The summed E-state index contributed by atoms with van der Waals surface area (Å²) in [5.74, 6) is 0.154. The van der Waals surface area contributed by atoms with Crippen LogP contribution in [0.2, 0.25) is 0 Å². The molecule has 0 spiro atoms. The Morgan fingerprint density at radius 3 is 2.88 bits per heavy atom. The molecule has 0 radical (unpaired) electrons. The van der Waals surface area contributed by atoms with Gasteiger partial charge in [0, 0.05) is 6.20 Å². The summed E-state index contributed by atoms with van der Waals surface area (Å²) >= 11 is 0. The highest BCUT2D eigenvalue weighted by molar-refractivity contribution is 5.95. The zero-order valence-corrected chi connectivity index (χ0v) is 9.52. The molecule has 1 aliphatic carbocycles. The Labute approximate surface area is 94.8 Å². The average Bonchev–Trinajstić information content (AvgIpc) is 2.60. The first-order valence-corrected chi connectivity index (χ1v) is 5.72. The minimum absolute atomic E-state index is 0.193. The summed E-state index contributed by atoms with van der Waals surface area (Å²) in [7, 11) is 0. The van der Waals surface area contributed by atoms with E-state index >= 15 is 0 Å². The minimum atomic E-state index is -0.555. The van der Waals surface area contributed by atoms with Crippen molar-refractivity contribution in [1.29, 1.82) is 0 Å². The molecular formula is C11H18N4O. The first-order valence-electron chi connectivity index (χ1n) is 5.72. The van der Waals surface area contributed by atoms with Crippen molar-refractivity contribution in [2.24, 2.45) is 11.7 Å². The van der Waals surface area contributed by atoms with Gasteiger partial charge in [-0.25, -0.2) is 0 Å². The fourth-order valence-electron chi connectivity index (χ4n) is 2.43. The standard InChI is InChI=1S/C11H18N4O/c1-7-3-2-4-8(5-7)15-6-9(12)10(14-15)11(13)16/h6-8H,2-5,12H2,1H3,(H2,13,16). The molecule has 1 saturated carbocycles. The summed E-state index contributed by atoms with van der Waals surface area (Å²) in [5, 5.41) is 4.18. The van der Waals surface area contributed by atoms with Gasteiger partial charge >= 0.3 is 0 Å². The normalized spacial score (nSPS) is 25.6. The van der Waals surface area contributed by atoms with E-state index in [-0.39, 0.29) is 5.69 Å². The maximum Gasteiger partial charge on any atom is 0.271 e. The summed E-state index contributed by atoms with van der Waals surface area (Å²) in [5.41, 5.74) is 11.5. The molecule has 16 heavy (non-hydrogen) atoms. The van der Waals surface area contributed by atoms with Gasteiger partial charge < -0.3 is 11.5 Å². The van der Waals surface area contributed by atoms with Crippen molar-refractivity contribution in [2.75, 3.05) is 5.73 Å². The number of nitrogens with zero attached hydrogens (tertiary/aromatic N) is 2. The van der Waals surface area contributed by atoms with Crippen LogP contribution in [0.25, 0.3) is 0 Å². The summed E-state index contributed by atoms with van der Waals surface area (Å²) in [6.45, 7) is 2.24. The molecule has 1 fully saturated rings. The number of amides is 1. The third-order valence-corrected chi connectivity index (χ3v) is 3.28. The molecule has 1 amide bonds. The molecule has 5 nitrogen and oxygen atoms in total. The second-order valence-corrected chi connectivity index (χ2v) is 4.70. The quantitative estimate of drug-likeness (QED) is 0.791. The van der Waals surface area contributed by atoms with Crippen molar-refractivity contribution < 1.29 is 4.79 Å². The minimum Gasteiger partial charge on any atom is -0.396 e. The third-order valence-electron chi connectivity index (χ3n) is 3.28. The molecule has 0 saturated heterocycles. The van der Waals surface area contributed by atoms with Crippen molar-refractivity contribution in [3.8, 4) is 0 Å². The lowest BCUT2D eigenvalue weighted by Crippen LogP contribution is -2.19. The molecule has 0 bridgehead atoms. The lowest BCUT2D eigenvalue weighted by molar-refractivity contribution is 0.0995. The highest BCUT2D eigenvalue weighted by Crippen LogP contribution is 2.32. The number of nitrogen functional groups attached to an aromatic ring is 1. The fourth-order valence-corrected chi connectivity index (χ4v) is 2.43. The maximum absolute atomic E-state index is 11.0. The first-order chi connectivity index (χ1) is 7.58. The van der Waals surface area contributed by atoms with Crippen molar-refractivity contribution in [1.82, 2.24) is 9.78 Å².